The summed E-state index contributed by atoms with van der Waals surface area (Å²) in [6, 6.07) is 0.0783. The molecule has 0 aliphatic carbocycles. The molecule has 0 saturated carbocycles. The summed E-state index contributed by atoms with van der Waals surface area (Å²) in [5, 5.41) is 3.25. The van der Waals surface area contributed by atoms with Gasteiger partial charge in [0, 0.05) is 24.3 Å². The quantitative estimate of drug-likeness (QED) is 0.710. The van der Waals surface area contributed by atoms with E-state index >= 15 is 0 Å². The van der Waals surface area contributed by atoms with Crippen LogP contribution in [0.25, 0.3) is 0 Å². The maximum atomic E-state index is 12.0. The Balaban J connectivity index is 4.39. The maximum Gasteiger partial charge on any atom is 0.152 e. The van der Waals surface area contributed by atoms with Gasteiger partial charge in [0.1, 0.15) is 5.78 Å². The van der Waals surface area contributed by atoms with Gasteiger partial charge in [-0.05, 0) is 6.42 Å². The fourth-order valence-corrected chi connectivity index (χ4v) is 1.69. The summed E-state index contributed by atoms with van der Waals surface area (Å²) in [7, 11) is 0. The zero-order chi connectivity index (χ0) is 13.6. The van der Waals surface area contributed by atoms with Gasteiger partial charge in [0.25, 0.3) is 0 Å². The zero-order valence-corrected chi connectivity index (χ0v) is 12.0. The molecule has 17 heavy (non-hydrogen) atoms. The van der Waals surface area contributed by atoms with Crippen LogP contribution in [-0.2, 0) is 9.59 Å². The molecule has 0 rings (SSSR count). The second-order valence-electron chi connectivity index (χ2n) is 5.59. The molecule has 3 nitrogen and oxygen atoms in total. The first-order valence-corrected chi connectivity index (χ1v) is 6.58. The minimum absolute atomic E-state index is 0.0143. The molecule has 0 aliphatic rings. The number of hydrogen-bond donors (Lipinski definition) is 1. The predicted octanol–water partition coefficient (Wildman–Crippen LogP) is 2.58. The number of Topliss-reactive ketones (excluding diaryl/α,β-unsaturated/α-hetero) is 2. The Morgan fingerprint density at radius 1 is 0.941 bits per heavy atom. The lowest BCUT2D eigenvalue weighted by molar-refractivity contribution is -0.125. The second-order valence-corrected chi connectivity index (χ2v) is 5.59. The molecule has 0 bridgehead atoms. The minimum Gasteiger partial charge on any atom is -0.305 e. The fourth-order valence-electron chi connectivity index (χ4n) is 1.69. The lowest BCUT2D eigenvalue weighted by Gasteiger charge is -2.22. The molecular formula is C14H27NO2. The summed E-state index contributed by atoms with van der Waals surface area (Å²) in [6.45, 7) is 11.6. The molecule has 0 saturated heterocycles. The number of carbonyl (C=O) groups excluding carboxylic acids is 2. The van der Waals surface area contributed by atoms with Gasteiger partial charge in [-0.3, -0.25) is 9.59 Å². The van der Waals surface area contributed by atoms with E-state index in [-0.39, 0.29) is 35.5 Å². The van der Waals surface area contributed by atoms with Gasteiger partial charge in [-0.25, -0.2) is 0 Å². The van der Waals surface area contributed by atoms with E-state index in [9.17, 15) is 9.59 Å². The maximum absolute atomic E-state index is 12.0. The Labute approximate surface area is 105 Å². The van der Waals surface area contributed by atoms with Gasteiger partial charge in [-0.2, -0.15) is 0 Å². The molecule has 0 aliphatic heterocycles. The van der Waals surface area contributed by atoms with E-state index < -0.39 is 0 Å². The topological polar surface area (TPSA) is 46.2 Å². The van der Waals surface area contributed by atoms with Crippen LogP contribution in [0.2, 0.25) is 0 Å². The van der Waals surface area contributed by atoms with Crippen LogP contribution < -0.4 is 5.32 Å². The van der Waals surface area contributed by atoms with Crippen molar-refractivity contribution in [2.45, 2.75) is 66.5 Å². The third-order valence-electron chi connectivity index (χ3n) is 2.77. The number of hydrogen-bond acceptors (Lipinski definition) is 3. The van der Waals surface area contributed by atoms with Crippen LogP contribution in [0.15, 0.2) is 0 Å². The van der Waals surface area contributed by atoms with Crippen molar-refractivity contribution >= 4 is 11.6 Å². The van der Waals surface area contributed by atoms with E-state index in [4.69, 9.17) is 0 Å². The average Bonchev–Trinajstić information content (AvgIpc) is 2.21. The van der Waals surface area contributed by atoms with Crippen LogP contribution in [0.3, 0.4) is 0 Å². The molecule has 0 aromatic carbocycles. The molecule has 0 radical (unpaired) electrons. The summed E-state index contributed by atoms with van der Waals surface area (Å²) < 4.78 is 0. The Kier molecular flexibility index (Phi) is 7.28. The second kappa shape index (κ2) is 7.59. The van der Waals surface area contributed by atoms with E-state index in [0.717, 1.165) is 0 Å². The first-order chi connectivity index (χ1) is 7.75. The standard InChI is InChI=1S/C14H27NO2/c1-9(2)13(16)8-7-12(15-11(5)6)14(17)10(3)4/h9-12,15H,7-8H2,1-6H3/t12-/m1/s1. The predicted molar refractivity (Wildman–Crippen MR) is 71.0 cm³/mol. The van der Waals surface area contributed by atoms with Crippen LogP contribution >= 0.6 is 0 Å². The Morgan fingerprint density at radius 2 is 1.47 bits per heavy atom. The van der Waals surface area contributed by atoms with Crippen molar-refractivity contribution in [1.29, 1.82) is 0 Å². The molecule has 1 N–H and O–H groups in total. The summed E-state index contributed by atoms with van der Waals surface area (Å²) in [5.74, 6) is 0.511. The van der Waals surface area contributed by atoms with Gasteiger partial charge >= 0.3 is 0 Å². The van der Waals surface area contributed by atoms with Gasteiger partial charge in [-0.1, -0.05) is 41.5 Å². The molecule has 0 aromatic rings. The van der Waals surface area contributed by atoms with Crippen LogP contribution in [0.1, 0.15) is 54.4 Å². The van der Waals surface area contributed by atoms with E-state index in [1.165, 1.54) is 0 Å². The van der Waals surface area contributed by atoms with Crippen molar-refractivity contribution in [2.24, 2.45) is 11.8 Å². The van der Waals surface area contributed by atoms with E-state index in [2.05, 4.69) is 5.32 Å². The molecule has 3 heteroatoms. The molecule has 100 valence electrons. The van der Waals surface area contributed by atoms with Crippen LogP contribution in [0, 0.1) is 11.8 Å². The van der Waals surface area contributed by atoms with Crippen molar-refractivity contribution in [2.75, 3.05) is 0 Å². The Bertz CT molecular complexity index is 257. The fraction of sp³-hybridized carbons (Fsp3) is 0.857. The summed E-state index contributed by atoms with van der Waals surface area (Å²) in [5.41, 5.74) is 0. The van der Waals surface area contributed by atoms with Crippen LogP contribution in [0.4, 0.5) is 0 Å². The highest BCUT2D eigenvalue weighted by atomic mass is 16.1. The van der Waals surface area contributed by atoms with Crippen molar-refractivity contribution in [3.8, 4) is 0 Å². The van der Waals surface area contributed by atoms with Crippen molar-refractivity contribution in [1.82, 2.24) is 5.32 Å². The zero-order valence-electron chi connectivity index (χ0n) is 12.0. The Hall–Kier alpha value is -0.700. The SMILES string of the molecule is CC(C)N[C@H](CCC(=O)C(C)C)C(=O)C(C)C. The summed E-state index contributed by atoms with van der Waals surface area (Å²) in [6.07, 6.45) is 1.10. The highest BCUT2D eigenvalue weighted by Crippen LogP contribution is 2.10. The van der Waals surface area contributed by atoms with Gasteiger partial charge in [-0.15, -0.1) is 0 Å². The summed E-state index contributed by atoms with van der Waals surface area (Å²) in [4.78, 5) is 23.6. The van der Waals surface area contributed by atoms with E-state index in [1.807, 2.05) is 41.5 Å². The minimum atomic E-state index is -0.183. The first-order valence-electron chi connectivity index (χ1n) is 6.58. The Morgan fingerprint density at radius 3 is 1.82 bits per heavy atom. The largest absolute Gasteiger partial charge is 0.305 e. The molecule has 0 aromatic heterocycles. The van der Waals surface area contributed by atoms with Crippen molar-refractivity contribution in [3.63, 3.8) is 0 Å². The van der Waals surface area contributed by atoms with Gasteiger partial charge in [0.2, 0.25) is 0 Å². The van der Waals surface area contributed by atoms with E-state index in [0.29, 0.717) is 12.8 Å². The van der Waals surface area contributed by atoms with Gasteiger partial charge in [0.15, 0.2) is 5.78 Å². The third kappa shape index (κ3) is 6.57. The van der Waals surface area contributed by atoms with Gasteiger partial charge in [0.05, 0.1) is 6.04 Å². The average molecular weight is 241 g/mol. The van der Waals surface area contributed by atoms with Crippen LogP contribution in [-0.4, -0.2) is 23.7 Å². The highest BCUT2D eigenvalue weighted by Gasteiger charge is 2.22. The van der Waals surface area contributed by atoms with Crippen molar-refractivity contribution in [3.05, 3.63) is 0 Å². The highest BCUT2D eigenvalue weighted by molar-refractivity contribution is 5.87. The third-order valence-corrected chi connectivity index (χ3v) is 2.77. The number of rotatable bonds is 8. The monoisotopic (exact) mass is 241 g/mol. The molecular weight excluding hydrogens is 214 g/mol. The van der Waals surface area contributed by atoms with Crippen molar-refractivity contribution < 1.29 is 9.59 Å². The number of ketones is 2. The van der Waals surface area contributed by atoms with Gasteiger partial charge < -0.3 is 5.32 Å². The lowest BCUT2D eigenvalue weighted by atomic mass is 9.94. The molecule has 0 heterocycles. The van der Waals surface area contributed by atoms with Crippen LogP contribution in [0.5, 0.6) is 0 Å². The van der Waals surface area contributed by atoms with E-state index in [1.54, 1.807) is 0 Å². The number of carbonyl (C=O) groups is 2. The molecule has 0 unspecified atom stereocenters. The number of nitrogens with one attached hydrogen (secondary N) is 1. The molecule has 1 atom stereocenters. The molecule has 0 spiro atoms. The first kappa shape index (κ1) is 16.3. The summed E-state index contributed by atoms with van der Waals surface area (Å²) >= 11 is 0. The smallest absolute Gasteiger partial charge is 0.152 e. The molecule has 0 fully saturated rings. The lowest BCUT2D eigenvalue weighted by Crippen LogP contribution is -2.43. The molecule has 0 amide bonds. The normalized spacial score (nSPS) is 13.5.